The molecule has 230 valence electrons. The summed E-state index contributed by atoms with van der Waals surface area (Å²) in [5, 5.41) is 2.22. The van der Waals surface area contributed by atoms with Gasteiger partial charge in [-0.25, -0.2) is 15.0 Å². The van der Waals surface area contributed by atoms with Crippen molar-refractivity contribution in [2.45, 2.75) is 0 Å². The van der Waals surface area contributed by atoms with Gasteiger partial charge in [0, 0.05) is 38.6 Å². The van der Waals surface area contributed by atoms with Gasteiger partial charge in [0.05, 0.1) is 0 Å². The van der Waals surface area contributed by atoms with Crippen LogP contribution in [0.15, 0.2) is 180 Å². The zero-order chi connectivity index (χ0) is 32.6. The predicted molar refractivity (Wildman–Crippen MR) is 200 cm³/mol. The minimum atomic E-state index is 0.631. The summed E-state index contributed by atoms with van der Waals surface area (Å²) in [6.45, 7) is 0. The molecule has 2 aromatic heterocycles. The van der Waals surface area contributed by atoms with Crippen molar-refractivity contribution in [2.75, 3.05) is 0 Å². The molecule has 9 rings (SSSR count). The van der Waals surface area contributed by atoms with E-state index in [0.717, 1.165) is 72.0 Å². The molecule has 0 aliphatic heterocycles. The molecule has 0 fully saturated rings. The van der Waals surface area contributed by atoms with E-state index in [1.807, 2.05) is 66.7 Å². The fourth-order valence-corrected chi connectivity index (χ4v) is 6.53. The van der Waals surface area contributed by atoms with Crippen molar-refractivity contribution in [3.05, 3.63) is 176 Å². The van der Waals surface area contributed by atoms with Gasteiger partial charge in [-0.05, 0) is 34.4 Å². The Balaban J connectivity index is 1.13. The molecule has 0 atom stereocenters. The number of hydrogen-bond donors (Lipinski definition) is 0. The molecular formula is C45H29N3O. The van der Waals surface area contributed by atoms with Gasteiger partial charge in [-0.3, -0.25) is 0 Å². The molecule has 0 amide bonds. The van der Waals surface area contributed by atoms with Gasteiger partial charge in [-0.2, -0.15) is 0 Å². The molecule has 0 unspecified atom stereocenters. The summed E-state index contributed by atoms with van der Waals surface area (Å²) in [7, 11) is 0. The molecule has 0 radical (unpaired) electrons. The Morgan fingerprint density at radius 1 is 0.286 bits per heavy atom. The molecule has 7 aromatic carbocycles. The molecule has 0 aliphatic rings. The Kier molecular flexibility index (Phi) is 7.10. The zero-order valence-electron chi connectivity index (χ0n) is 26.5. The fraction of sp³-hybridized carbons (Fsp3) is 0. The van der Waals surface area contributed by atoms with E-state index in [2.05, 4.69) is 109 Å². The number of furan rings is 1. The molecule has 0 saturated carbocycles. The largest absolute Gasteiger partial charge is 0.455 e. The Morgan fingerprint density at radius 2 is 0.653 bits per heavy atom. The summed E-state index contributed by atoms with van der Waals surface area (Å²) in [5.41, 5.74) is 11.2. The molecule has 4 heteroatoms. The van der Waals surface area contributed by atoms with Crippen LogP contribution in [-0.2, 0) is 0 Å². The third-order valence-corrected chi connectivity index (χ3v) is 8.94. The summed E-state index contributed by atoms with van der Waals surface area (Å²) in [6.07, 6.45) is 0. The first-order chi connectivity index (χ1) is 24.3. The maximum absolute atomic E-state index is 6.72. The van der Waals surface area contributed by atoms with Gasteiger partial charge in [-0.15, -0.1) is 0 Å². The fourth-order valence-electron chi connectivity index (χ4n) is 6.53. The summed E-state index contributed by atoms with van der Waals surface area (Å²) >= 11 is 0. The van der Waals surface area contributed by atoms with E-state index >= 15 is 0 Å². The second kappa shape index (κ2) is 12.2. The van der Waals surface area contributed by atoms with Crippen LogP contribution in [0.3, 0.4) is 0 Å². The molecule has 0 saturated heterocycles. The molecule has 0 N–H and O–H groups in total. The molecule has 0 spiro atoms. The lowest BCUT2D eigenvalue weighted by Crippen LogP contribution is -2.00. The highest BCUT2D eigenvalue weighted by molar-refractivity contribution is 6.13. The molecule has 2 heterocycles. The first-order valence-corrected chi connectivity index (χ1v) is 16.4. The minimum Gasteiger partial charge on any atom is -0.455 e. The predicted octanol–water partition coefficient (Wildman–Crippen LogP) is 11.8. The highest BCUT2D eigenvalue weighted by atomic mass is 16.3. The Hall–Kier alpha value is -6.65. The number of hydrogen-bond acceptors (Lipinski definition) is 4. The van der Waals surface area contributed by atoms with Gasteiger partial charge in [0.25, 0.3) is 0 Å². The van der Waals surface area contributed by atoms with Gasteiger partial charge in [-0.1, -0.05) is 164 Å². The smallest absolute Gasteiger partial charge is 0.164 e. The summed E-state index contributed by atoms with van der Waals surface area (Å²) in [4.78, 5) is 14.8. The lowest BCUT2D eigenvalue weighted by atomic mass is 9.96. The standard InChI is InChI=1S/C45H29N3O/c1-4-14-30(15-5-1)37-24-12-26-39-40-27-13-25-38(42(40)49-41(37)39)35-22-10-20-33(28-35)34-21-11-23-36(29-34)45-47-43(31-16-6-2-7-17-31)46-44(48-45)32-18-8-3-9-19-32/h1-29H. The van der Waals surface area contributed by atoms with Crippen molar-refractivity contribution < 1.29 is 4.42 Å². The normalized spacial score (nSPS) is 11.3. The van der Waals surface area contributed by atoms with E-state index in [-0.39, 0.29) is 0 Å². The minimum absolute atomic E-state index is 0.631. The van der Waals surface area contributed by atoms with Crippen molar-refractivity contribution in [3.8, 4) is 67.5 Å². The monoisotopic (exact) mass is 627 g/mol. The molecule has 0 aliphatic carbocycles. The average Bonchev–Trinajstić information content (AvgIpc) is 3.58. The van der Waals surface area contributed by atoms with E-state index in [1.54, 1.807) is 0 Å². The second-order valence-corrected chi connectivity index (χ2v) is 12.0. The lowest BCUT2D eigenvalue weighted by Gasteiger charge is -2.10. The van der Waals surface area contributed by atoms with Crippen molar-refractivity contribution in [1.29, 1.82) is 0 Å². The van der Waals surface area contributed by atoms with Gasteiger partial charge in [0.2, 0.25) is 0 Å². The quantitative estimate of drug-likeness (QED) is 0.184. The Labute approximate surface area is 284 Å². The van der Waals surface area contributed by atoms with Gasteiger partial charge < -0.3 is 4.42 Å². The SMILES string of the molecule is c1ccc(-c2nc(-c3ccccc3)nc(-c3cccc(-c4cccc(-c5cccc6c5oc5c(-c7ccccc7)cccc56)c4)c3)n2)cc1. The van der Waals surface area contributed by atoms with Gasteiger partial charge in [0.15, 0.2) is 17.5 Å². The first kappa shape index (κ1) is 28.6. The van der Waals surface area contributed by atoms with Crippen LogP contribution in [-0.4, -0.2) is 15.0 Å². The van der Waals surface area contributed by atoms with Crippen LogP contribution in [0, 0.1) is 0 Å². The Morgan fingerprint density at radius 3 is 1.18 bits per heavy atom. The summed E-state index contributed by atoms with van der Waals surface area (Å²) in [5.74, 6) is 1.92. The first-order valence-electron chi connectivity index (χ1n) is 16.4. The van der Waals surface area contributed by atoms with Gasteiger partial charge >= 0.3 is 0 Å². The van der Waals surface area contributed by atoms with Crippen LogP contribution in [0.25, 0.3) is 89.5 Å². The van der Waals surface area contributed by atoms with E-state index in [4.69, 9.17) is 19.4 Å². The topological polar surface area (TPSA) is 51.8 Å². The van der Waals surface area contributed by atoms with Gasteiger partial charge in [0.1, 0.15) is 11.2 Å². The molecular weight excluding hydrogens is 599 g/mol. The highest BCUT2D eigenvalue weighted by Gasteiger charge is 2.17. The van der Waals surface area contributed by atoms with Crippen molar-refractivity contribution >= 4 is 21.9 Å². The number of benzene rings is 7. The van der Waals surface area contributed by atoms with Crippen LogP contribution in [0.2, 0.25) is 0 Å². The van der Waals surface area contributed by atoms with Crippen LogP contribution in [0.4, 0.5) is 0 Å². The number of rotatable bonds is 6. The molecule has 0 bridgehead atoms. The molecule has 9 aromatic rings. The van der Waals surface area contributed by atoms with Crippen LogP contribution in [0.5, 0.6) is 0 Å². The maximum Gasteiger partial charge on any atom is 0.164 e. The third-order valence-electron chi connectivity index (χ3n) is 8.94. The summed E-state index contributed by atoms with van der Waals surface area (Å²) in [6, 6.07) is 60.4. The summed E-state index contributed by atoms with van der Waals surface area (Å²) < 4.78 is 6.72. The van der Waals surface area contributed by atoms with E-state index in [0.29, 0.717) is 17.5 Å². The van der Waals surface area contributed by atoms with Crippen molar-refractivity contribution in [3.63, 3.8) is 0 Å². The Bertz CT molecular complexity index is 2540. The second-order valence-electron chi connectivity index (χ2n) is 12.0. The highest BCUT2D eigenvalue weighted by Crippen LogP contribution is 2.40. The van der Waals surface area contributed by atoms with Crippen molar-refractivity contribution in [1.82, 2.24) is 15.0 Å². The molecule has 4 nitrogen and oxygen atoms in total. The van der Waals surface area contributed by atoms with E-state index < -0.39 is 0 Å². The molecule has 49 heavy (non-hydrogen) atoms. The van der Waals surface area contributed by atoms with Crippen LogP contribution >= 0.6 is 0 Å². The van der Waals surface area contributed by atoms with E-state index in [9.17, 15) is 0 Å². The number of para-hydroxylation sites is 2. The maximum atomic E-state index is 6.72. The lowest BCUT2D eigenvalue weighted by molar-refractivity contribution is 0.671. The van der Waals surface area contributed by atoms with Crippen LogP contribution < -0.4 is 0 Å². The van der Waals surface area contributed by atoms with Crippen molar-refractivity contribution in [2.24, 2.45) is 0 Å². The zero-order valence-corrected chi connectivity index (χ0v) is 26.5. The van der Waals surface area contributed by atoms with Crippen LogP contribution in [0.1, 0.15) is 0 Å². The third kappa shape index (κ3) is 5.35. The van der Waals surface area contributed by atoms with E-state index in [1.165, 1.54) is 0 Å². The average molecular weight is 628 g/mol. The number of fused-ring (bicyclic) bond motifs is 3. The number of aromatic nitrogens is 3. The number of nitrogens with zero attached hydrogens (tertiary/aromatic N) is 3.